The molecule has 0 fully saturated rings. The van der Waals surface area contributed by atoms with E-state index in [1.165, 1.54) is 0 Å². The van der Waals surface area contributed by atoms with Crippen molar-refractivity contribution < 1.29 is 14.3 Å². The second kappa shape index (κ2) is 10.3. The topological polar surface area (TPSA) is 67.4 Å². The summed E-state index contributed by atoms with van der Waals surface area (Å²) in [6.07, 6.45) is 0.393. The average molecular weight is 313 g/mol. The molecule has 1 aromatic carbocycles. The van der Waals surface area contributed by atoms with Gasteiger partial charge in [0, 0.05) is 50.2 Å². The highest BCUT2D eigenvalue weighted by Crippen LogP contribution is 2.11. The first-order valence-corrected chi connectivity index (χ1v) is 7.26. The van der Waals surface area contributed by atoms with Gasteiger partial charge in [-0.1, -0.05) is 11.6 Å². The first kappa shape index (κ1) is 17.6. The van der Waals surface area contributed by atoms with Crippen LogP contribution in [-0.2, 0) is 9.53 Å². The number of ether oxygens (including phenoxy) is 1. The van der Waals surface area contributed by atoms with Gasteiger partial charge in [-0.15, -0.1) is 0 Å². The average Bonchev–Trinajstić information content (AvgIpc) is 2.49. The van der Waals surface area contributed by atoms with Crippen molar-refractivity contribution in [2.75, 3.05) is 33.4 Å². The minimum atomic E-state index is -0.120. The molecule has 0 aliphatic carbocycles. The largest absolute Gasteiger partial charge is 0.383 e. The van der Waals surface area contributed by atoms with E-state index in [0.717, 1.165) is 6.54 Å². The van der Waals surface area contributed by atoms with Crippen LogP contribution in [-0.4, -0.2) is 45.0 Å². The molecular weight excluding hydrogens is 292 g/mol. The van der Waals surface area contributed by atoms with E-state index < -0.39 is 0 Å². The molecular formula is C15H21ClN2O3. The molecule has 1 rings (SSSR count). The summed E-state index contributed by atoms with van der Waals surface area (Å²) >= 11 is 5.76. The molecule has 0 spiro atoms. The third-order valence-electron chi connectivity index (χ3n) is 2.85. The van der Waals surface area contributed by atoms with E-state index in [2.05, 4.69) is 10.6 Å². The Labute approximate surface area is 130 Å². The molecule has 0 radical (unpaired) electrons. The Hall–Kier alpha value is -1.43. The summed E-state index contributed by atoms with van der Waals surface area (Å²) in [4.78, 5) is 23.4. The quantitative estimate of drug-likeness (QED) is 0.509. The molecule has 0 atom stereocenters. The first-order valence-electron chi connectivity index (χ1n) is 6.88. The fourth-order valence-electron chi connectivity index (χ4n) is 1.69. The van der Waals surface area contributed by atoms with Crippen LogP contribution in [0.25, 0.3) is 0 Å². The molecule has 0 aromatic heterocycles. The molecule has 0 saturated carbocycles. The summed E-state index contributed by atoms with van der Waals surface area (Å²) in [7, 11) is 1.64. The normalized spacial score (nSPS) is 10.4. The second-order valence-corrected chi connectivity index (χ2v) is 4.96. The molecule has 0 aliphatic rings. The van der Waals surface area contributed by atoms with Crippen LogP contribution in [0.2, 0.25) is 5.02 Å². The van der Waals surface area contributed by atoms with Gasteiger partial charge in [-0.05, 0) is 24.3 Å². The highest BCUT2D eigenvalue weighted by molar-refractivity contribution is 6.30. The Kier molecular flexibility index (Phi) is 8.66. The number of nitrogens with one attached hydrogen (secondary N) is 2. The van der Waals surface area contributed by atoms with Gasteiger partial charge in [0.25, 0.3) is 0 Å². The molecule has 0 saturated heterocycles. The number of halogens is 1. The van der Waals surface area contributed by atoms with Crippen molar-refractivity contribution in [2.24, 2.45) is 0 Å². The maximum atomic E-state index is 11.9. The number of Topliss-reactive ketones (excluding diaryl/α,β-unsaturated/α-hetero) is 1. The number of hydrogen-bond donors (Lipinski definition) is 2. The van der Waals surface area contributed by atoms with E-state index in [-0.39, 0.29) is 24.5 Å². The SMILES string of the molecule is COCCNCCNC(=O)CCC(=O)c1ccc(Cl)cc1. The Balaban J connectivity index is 2.15. The summed E-state index contributed by atoms with van der Waals surface area (Å²) < 4.78 is 4.89. The van der Waals surface area contributed by atoms with E-state index in [0.29, 0.717) is 30.3 Å². The van der Waals surface area contributed by atoms with E-state index in [4.69, 9.17) is 16.3 Å². The van der Waals surface area contributed by atoms with Crippen molar-refractivity contribution in [1.29, 1.82) is 0 Å². The number of carbonyl (C=O) groups is 2. The maximum absolute atomic E-state index is 11.9. The number of carbonyl (C=O) groups excluding carboxylic acids is 2. The zero-order chi connectivity index (χ0) is 15.5. The smallest absolute Gasteiger partial charge is 0.220 e. The minimum Gasteiger partial charge on any atom is -0.383 e. The summed E-state index contributed by atoms with van der Waals surface area (Å²) in [6.45, 7) is 2.61. The van der Waals surface area contributed by atoms with Crippen LogP contribution >= 0.6 is 11.6 Å². The monoisotopic (exact) mass is 312 g/mol. The van der Waals surface area contributed by atoms with Crippen LogP contribution in [0.4, 0.5) is 0 Å². The fourth-order valence-corrected chi connectivity index (χ4v) is 1.81. The lowest BCUT2D eigenvalue weighted by Crippen LogP contribution is -2.33. The lowest BCUT2D eigenvalue weighted by Gasteiger charge is -2.06. The molecule has 2 N–H and O–H groups in total. The number of hydrogen-bond acceptors (Lipinski definition) is 4. The number of methoxy groups -OCH3 is 1. The van der Waals surface area contributed by atoms with Gasteiger partial charge < -0.3 is 15.4 Å². The van der Waals surface area contributed by atoms with Crippen LogP contribution < -0.4 is 10.6 Å². The van der Waals surface area contributed by atoms with E-state index in [1.54, 1.807) is 31.4 Å². The molecule has 21 heavy (non-hydrogen) atoms. The Morgan fingerprint density at radius 2 is 1.81 bits per heavy atom. The number of rotatable bonds is 10. The predicted octanol–water partition coefficient (Wildman–Crippen LogP) is 1.66. The zero-order valence-electron chi connectivity index (χ0n) is 12.2. The van der Waals surface area contributed by atoms with Crippen molar-refractivity contribution in [3.8, 4) is 0 Å². The minimum absolute atomic E-state index is 0.0555. The molecule has 0 bridgehead atoms. The summed E-state index contributed by atoms with van der Waals surface area (Å²) in [5.74, 6) is -0.175. The number of ketones is 1. The molecule has 116 valence electrons. The second-order valence-electron chi connectivity index (χ2n) is 4.52. The zero-order valence-corrected chi connectivity index (χ0v) is 12.9. The van der Waals surface area contributed by atoms with Crippen LogP contribution in [0.5, 0.6) is 0 Å². The van der Waals surface area contributed by atoms with Crippen LogP contribution in [0.1, 0.15) is 23.2 Å². The predicted molar refractivity (Wildman–Crippen MR) is 82.8 cm³/mol. The molecule has 1 amide bonds. The molecule has 6 heteroatoms. The van der Waals surface area contributed by atoms with Crippen LogP contribution in [0.3, 0.4) is 0 Å². The van der Waals surface area contributed by atoms with Gasteiger partial charge in [0.2, 0.25) is 5.91 Å². The van der Waals surface area contributed by atoms with E-state index >= 15 is 0 Å². The number of benzene rings is 1. The molecule has 0 aliphatic heterocycles. The molecule has 1 aromatic rings. The van der Waals surface area contributed by atoms with Gasteiger partial charge in [0.15, 0.2) is 5.78 Å². The van der Waals surface area contributed by atoms with Crippen molar-refractivity contribution in [1.82, 2.24) is 10.6 Å². The van der Waals surface area contributed by atoms with Crippen molar-refractivity contribution >= 4 is 23.3 Å². The Morgan fingerprint density at radius 1 is 1.10 bits per heavy atom. The van der Waals surface area contributed by atoms with E-state index in [1.807, 2.05) is 0 Å². The fraction of sp³-hybridized carbons (Fsp3) is 0.467. The van der Waals surface area contributed by atoms with Crippen molar-refractivity contribution in [3.63, 3.8) is 0 Å². The first-order chi connectivity index (χ1) is 10.1. The summed E-state index contributed by atoms with van der Waals surface area (Å²) in [5, 5.41) is 6.47. The third kappa shape index (κ3) is 7.80. The van der Waals surface area contributed by atoms with Crippen molar-refractivity contribution in [2.45, 2.75) is 12.8 Å². The van der Waals surface area contributed by atoms with Crippen LogP contribution in [0.15, 0.2) is 24.3 Å². The van der Waals surface area contributed by atoms with Gasteiger partial charge in [0.1, 0.15) is 0 Å². The molecule has 0 heterocycles. The number of amides is 1. The van der Waals surface area contributed by atoms with Gasteiger partial charge in [-0.3, -0.25) is 9.59 Å². The van der Waals surface area contributed by atoms with Gasteiger partial charge in [-0.2, -0.15) is 0 Å². The standard InChI is InChI=1S/C15H21ClN2O3/c1-21-11-10-17-8-9-18-15(20)7-6-14(19)12-2-4-13(16)5-3-12/h2-5,17H,6-11H2,1H3,(H,18,20). The van der Waals surface area contributed by atoms with Crippen LogP contribution in [0, 0.1) is 0 Å². The Bertz CT molecular complexity index is 449. The highest BCUT2D eigenvalue weighted by atomic mass is 35.5. The van der Waals surface area contributed by atoms with Gasteiger partial charge in [-0.25, -0.2) is 0 Å². The lowest BCUT2D eigenvalue weighted by atomic mass is 10.1. The third-order valence-corrected chi connectivity index (χ3v) is 3.10. The van der Waals surface area contributed by atoms with E-state index in [9.17, 15) is 9.59 Å². The van der Waals surface area contributed by atoms with Crippen molar-refractivity contribution in [3.05, 3.63) is 34.9 Å². The Morgan fingerprint density at radius 3 is 2.48 bits per heavy atom. The highest BCUT2D eigenvalue weighted by Gasteiger charge is 2.08. The maximum Gasteiger partial charge on any atom is 0.220 e. The summed E-state index contributed by atoms with van der Waals surface area (Å²) in [6, 6.07) is 6.67. The molecule has 5 nitrogen and oxygen atoms in total. The van der Waals surface area contributed by atoms with Gasteiger partial charge in [0.05, 0.1) is 6.61 Å². The summed E-state index contributed by atoms with van der Waals surface area (Å²) in [5.41, 5.74) is 0.577. The lowest BCUT2D eigenvalue weighted by molar-refractivity contribution is -0.121. The van der Waals surface area contributed by atoms with Gasteiger partial charge >= 0.3 is 0 Å². The molecule has 0 unspecified atom stereocenters.